The molecule has 11 heteroatoms. The molecule has 10 nitrogen and oxygen atoms in total. The Labute approximate surface area is 286 Å². The second-order valence-corrected chi connectivity index (χ2v) is 14.2. The number of fused-ring (bicyclic) bond motifs is 2. The molecule has 5 bridgehead atoms. The Morgan fingerprint density at radius 2 is 1.79 bits per heavy atom. The first kappa shape index (κ1) is 35.3. The number of esters is 1. The number of carbonyl (C=O) groups is 4. The van der Waals surface area contributed by atoms with Crippen LogP contribution in [0.1, 0.15) is 83.8 Å². The largest absolute Gasteiger partial charge is 0.455 e. The van der Waals surface area contributed by atoms with Crippen LogP contribution in [0.3, 0.4) is 0 Å². The Balaban J connectivity index is 1.57. The highest BCUT2D eigenvalue weighted by Gasteiger charge is 2.75. The second kappa shape index (κ2) is 15.5. The first-order valence-corrected chi connectivity index (χ1v) is 17.9. The van der Waals surface area contributed by atoms with E-state index < -0.39 is 47.7 Å². The van der Waals surface area contributed by atoms with Gasteiger partial charge in [-0.3, -0.25) is 19.2 Å². The molecule has 1 unspecified atom stereocenters. The Kier molecular flexibility index (Phi) is 11.6. The van der Waals surface area contributed by atoms with Gasteiger partial charge in [0.25, 0.3) is 0 Å². The molecule has 47 heavy (non-hydrogen) atoms. The fraction of sp³-hybridized carbons (Fsp3) is 0.611. The number of aliphatic hydroxyl groups excluding tert-OH is 1. The summed E-state index contributed by atoms with van der Waals surface area (Å²) in [6.45, 7) is 6.66. The summed E-state index contributed by atoms with van der Waals surface area (Å²) in [5.74, 6) is -3.21. The number of allylic oxidation sites excluding steroid dienone is 1. The summed E-state index contributed by atoms with van der Waals surface area (Å²) in [7, 11) is 0. The van der Waals surface area contributed by atoms with Crippen molar-refractivity contribution in [3.05, 3.63) is 58.6 Å². The van der Waals surface area contributed by atoms with Crippen molar-refractivity contribution in [2.75, 3.05) is 19.7 Å². The van der Waals surface area contributed by atoms with Crippen LogP contribution < -0.4 is 5.32 Å². The topological polar surface area (TPSA) is 125 Å². The lowest BCUT2D eigenvalue weighted by molar-refractivity contribution is -0.161. The number of hydrogen-bond donors (Lipinski definition) is 2. The number of likely N-dealkylation sites (tertiary alicyclic amines) is 1. The molecule has 0 aromatic heterocycles. The molecule has 8 atom stereocenters. The normalized spacial score (nSPS) is 32.6. The summed E-state index contributed by atoms with van der Waals surface area (Å²) in [5, 5.41) is 12.3. The minimum atomic E-state index is -1.34. The van der Waals surface area contributed by atoms with E-state index in [9.17, 15) is 24.3 Å². The van der Waals surface area contributed by atoms with Gasteiger partial charge in [0.1, 0.15) is 29.8 Å². The van der Waals surface area contributed by atoms with Gasteiger partial charge >= 0.3 is 5.97 Å². The van der Waals surface area contributed by atoms with Crippen molar-refractivity contribution in [2.24, 2.45) is 11.8 Å². The van der Waals surface area contributed by atoms with E-state index in [0.717, 1.165) is 31.2 Å². The predicted molar refractivity (Wildman–Crippen MR) is 180 cm³/mol. The Bertz CT molecular complexity index is 1370. The van der Waals surface area contributed by atoms with E-state index in [1.54, 1.807) is 4.90 Å². The molecule has 4 aliphatic rings. The van der Waals surface area contributed by atoms with Crippen molar-refractivity contribution in [2.45, 2.75) is 108 Å². The number of aliphatic hydroxyl groups is 1. The first-order chi connectivity index (χ1) is 22.6. The van der Waals surface area contributed by atoms with Crippen molar-refractivity contribution >= 4 is 39.6 Å². The molecule has 0 saturated carbocycles. The number of rotatable bonds is 10. The number of carbonyl (C=O) groups excluding carboxylic acids is 4. The molecule has 5 rings (SSSR count). The maximum Gasteiger partial charge on any atom is 0.313 e. The van der Waals surface area contributed by atoms with Gasteiger partial charge in [0.2, 0.25) is 17.7 Å². The van der Waals surface area contributed by atoms with Gasteiger partial charge in [-0.1, -0.05) is 84.6 Å². The molecular formula is C36H48BrN3O7. The lowest BCUT2D eigenvalue weighted by Crippen LogP contribution is -2.57. The number of halogens is 1. The van der Waals surface area contributed by atoms with Crippen molar-refractivity contribution < 1.29 is 33.8 Å². The zero-order valence-electron chi connectivity index (χ0n) is 27.6. The highest BCUT2D eigenvalue weighted by Crippen LogP contribution is 2.59. The number of cyclic esters (lactones) is 1. The van der Waals surface area contributed by atoms with Crippen molar-refractivity contribution in [1.82, 2.24) is 15.1 Å². The van der Waals surface area contributed by atoms with Crippen LogP contribution in [0.5, 0.6) is 0 Å². The third kappa shape index (κ3) is 7.08. The van der Waals surface area contributed by atoms with Crippen molar-refractivity contribution in [3.63, 3.8) is 0 Å². The predicted octanol–water partition coefficient (Wildman–Crippen LogP) is 4.57. The molecule has 4 heterocycles. The minimum absolute atomic E-state index is 0.108. The molecule has 0 aliphatic carbocycles. The second-order valence-electron chi connectivity index (χ2n) is 13.3. The number of nitrogens with zero attached hydrogens (tertiary/aromatic N) is 2. The highest BCUT2D eigenvalue weighted by atomic mass is 79.9. The monoisotopic (exact) mass is 713 g/mol. The number of unbranched alkanes of at least 4 members (excludes halogenated alkanes) is 3. The molecule has 256 valence electrons. The van der Waals surface area contributed by atoms with E-state index in [4.69, 9.17) is 9.47 Å². The number of nitrogens with one attached hydrogen (secondary N) is 1. The van der Waals surface area contributed by atoms with Gasteiger partial charge in [0.05, 0.1) is 12.0 Å². The van der Waals surface area contributed by atoms with E-state index in [1.165, 1.54) is 0 Å². The van der Waals surface area contributed by atoms with Gasteiger partial charge in [0, 0.05) is 36.6 Å². The standard InChI is InChI=1S/C36H48BrN3O7/c1-4-15-23(2)39-19-13-8-11-18-27(42)38-24(3)30(25-16-9-7-10-17-25)46-35(45)28-29-33(43)40(20-12-5-6-14-21-41)32(34(39)44)36(29)22-26(37)31(28)47-36/h7-10,13,16-17,22-24,28-32,41H,4-6,11-12,14-15,18-21H2,1-3H3,(H,38,42)/b13-8-/t23?,24-,28+,29-,30+,31+,32+,36-/m1/s1. The number of amides is 3. The summed E-state index contributed by atoms with van der Waals surface area (Å²) < 4.78 is 13.5. The van der Waals surface area contributed by atoms with Gasteiger partial charge in [-0.2, -0.15) is 0 Å². The first-order valence-electron chi connectivity index (χ1n) is 17.1. The Morgan fingerprint density at radius 1 is 1.04 bits per heavy atom. The van der Waals surface area contributed by atoms with Crippen LogP contribution in [0.4, 0.5) is 0 Å². The summed E-state index contributed by atoms with van der Waals surface area (Å²) in [6, 6.07) is 7.64. The average molecular weight is 715 g/mol. The molecule has 2 fully saturated rings. The smallest absolute Gasteiger partial charge is 0.313 e. The maximum atomic E-state index is 14.8. The zero-order valence-corrected chi connectivity index (χ0v) is 29.2. The molecule has 2 N–H and O–H groups in total. The highest BCUT2D eigenvalue weighted by molar-refractivity contribution is 9.11. The van der Waals surface area contributed by atoms with E-state index >= 15 is 0 Å². The summed E-state index contributed by atoms with van der Waals surface area (Å²) in [5.41, 5.74) is -0.619. The molecular weight excluding hydrogens is 666 g/mol. The van der Waals surface area contributed by atoms with E-state index in [2.05, 4.69) is 28.2 Å². The third-order valence-electron chi connectivity index (χ3n) is 9.98. The van der Waals surface area contributed by atoms with Crippen LogP contribution in [-0.4, -0.2) is 88.1 Å². The SMILES string of the molecule is CCCC(C)N1C/C=C\CCC(=O)N[C@H](C)[C@@H](c2ccccc2)OC(=O)[C@@H]2[C@H]3O[C@@]4(C=C3Br)[C@H](C1=O)N(CCCCCCO)C(=O)[C@@H]24. The van der Waals surface area contributed by atoms with Crippen LogP contribution in [0.2, 0.25) is 0 Å². The van der Waals surface area contributed by atoms with Gasteiger partial charge in [-0.05, 0) is 51.2 Å². The van der Waals surface area contributed by atoms with Crippen LogP contribution in [-0.2, 0) is 28.7 Å². The van der Waals surface area contributed by atoms with Crippen LogP contribution >= 0.6 is 15.9 Å². The number of benzene rings is 1. The van der Waals surface area contributed by atoms with Crippen LogP contribution in [0.15, 0.2) is 53.0 Å². The molecule has 1 aromatic rings. The van der Waals surface area contributed by atoms with Gasteiger partial charge < -0.3 is 29.7 Å². The van der Waals surface area contributed by atoms with E-state index in [-0.39, 0.29) is 36.8 Å². The summed E-state index contributed by atoms with van der Waals surface area (Å²) in [6.07, 6.45) is 9.39. The quantitative estimate of drug-likeness (QED) is 0.207. The molecule has 0 radical (unpaired) electrons. The number of hydrogen-bond acceptors (Lipinski definition) is 7. The molecule has 3 amide bonds. The lowest BCUT2D eigenvalue weighted by atomic mass is 9.74. The fourth-order valence-electron chi connectivity index (χ4n) is 7.70. The van der Waals surface area contributed by atoms with E-state index in [1.807, 2.05) is 67.3 Å². The molecule has 1 aromatic carbocycles. The Hall–Kier alpha value is -3.02. The van der Waals surface area contributed by atoms with Crippen LogP contribution in [0.25, 0.3) is 0 Å². The van der Waals surface area contributed by atoms with Crippen molar-refractivity contribution in [1.29, 1.82) is 0 Å². The molecule has 4 aliphatic heterocycles. The summed E-state index contributed by atoms with van der Waals surface area (Å²) in [4.78, 5) is 60.1. The fourth-order valence-corrected chi connectivity index (χ4v) is 8.43. The minimum Gasteiger partial charge on any atom is -0.455 e. The van der Waals surface area contributed by atoms with Gasteiger partial charge in [0.15, 0.2) is 0 Å². The average Bonchev–Trinajstić information content (AvgIpc) is 3.64. The maximum absolute atomic E-state index is 14.8. The number of ether oxygens (including phenoxy) is 2. The summed E-state index contributed by atoms with van der Waals surface area (Å²) >= 11 is 3.63. The van der Waals surface area contributed by atoms with Crippen LogP contribution in [0, 0.1) is 11.8 Å². The van der Waals surface area contributed by atoms with Gasteiger partial charge in [-0.15, -0.1) is 0 Å². The lowest BCUT2D eigenvalue weighted by Gasteiger charge is -2.38. The van der Waals surface area contributed by atoms with Gasteiger partial charge in [-0.25, -0.2) is 0 Å². The van der Waals surface area contributed by atoms with Crippen molar-refractivity contribution in [3.8, 4) is 0 Å². The molecule has 2 saturated heterocycles. The third-order valence-corrected chi connectivity index (χ3v) is 10.7. The Morgan fingerprint density at radius 3 is 2.51 bits per heavy atom. The van der Waals surface area contributed by atoms with E-state index in [0.29, 0.717) is 36.8 Å². The molecule has 1 spiro atoms. The zero-order chi connectivity index (χ0) is 33.7.